The van der Waals surface area contributed by atoms with Crippen LogP contribution in [0.5, 0.6) is 0 Å². The Morgan fingerprint density at radius 1 is 1.19 bits per heavy atom. The average molecular weight is 502 g/mol. The molecule has 5 nitrogen and oxygen atoms in total. The first-order valence-corrected chi connectivity index (χ1v) is 10.1. The van der Waals surface area contributed by atoms with Crippen LogP contribution >= 0.6 is 35.3 Å². The Bertz CT molecular complexity index is 661. The average Bonchev–Trinajstić information content (AvgIpc) is 3.13. The van der Waals surface area contributed by atoms with Crippen LogP contribution in [0.3, 0.4) is 0 Å². The molecule has 0 amide bonds. The minimum absolute atomic E-state index is 0. The highest BCUT2D eigenvalue weighted by Gasteiger charge is 2.06. The molecule has 2 aromatic rings. The van der Waals surface area contributed by atoms with E-state index < -0.39 is 0 Å². The molecule has 0 saturated heterocycles. The number of rotatable bonds is 10. The highest BCUT2D eigenvalue weighted by atomic mass is 127. The standard InChI is InChI=1S/C20H30N4OS.HI/c1-16(2)18-15-26-19(24-18)14-23-20(21-3)22-11-7-12-25-13-10-17-8-5-4-6-9-17;/h4-6,8-9,15-16H,7,10-14H2,1-3H3,(H2,21,22,23);1H. The van der Waals surface area contributed by atoms with Gasteiger partial charge in [-0.2, -0.15) is 0 Å². The van der Waals surface area contributed by atoms with E-state index in [0.717, 1.165) is 49.3 Å². The van der Waals surface area contributed by atoms with Gasteiger partial charge in [0.05, 0.1) is 18.8 Å². The van der Waals surface area contributed by atoms with Crippen LogP contribution in [0.1, 0.15) is 42.5 Å². The fraction of sp³-hybridized carbons (Fsp3) is 0.500. The number of guanidine groups is 1. The molecule has 0 aliphatic rings. The second-order valence-corrected chi connectivity index (χ2v) is 7.32. The smallest absolute Gasteiger partial charge is 0.191 e. The van der Waals surface area contributed by atoms with Crippen LogP contribution in [0.15, 0.2) is 40.7 Å². The predicted octanol–water partition coefficient (Wildman–Crippen LogP) is 4.20. The summed E-state index contributed by atoms with van der Waals surface area (Å²) in [5.41, 5.74) is 2.47. The summed E-state index contributed by atoms with van der Waals surface area (Å²) < 4.78 is 5.70. The number of hydrogen-bond donors (Lipinski definition) is 2. The van der Waals surface area contributed by atoms with Crippen molar-refractivity contribution in [3.63, 3.8) is 0 Å². The molecule has 1 aromatic carbocycles. The van der Waals surface area contributed by atoms with Gasteiger partial charge in [0.2, 0.25) is 0 Å². The third-order valence-electron chi connectivity index (χ3n) is 3.93. The van der Waals surface area contributed by atoms with Gasteiger partial charge in [-0.05, 0) is 24.3 Å². The molecular formula is C20H31IN4OS. The van der Waals surface area contributed by atoms with Crippen molar-refractivity contribution in [2.24, 2.45) is 4.99 Å². The summed E-state index contributed by atoms with van der Waals surface area (Å²) in [4.78, 5) is 8.87. The van der Waals surface area contributed by atoms with Gasteiger partial charge in [0.25, 0.3) is 0 Å². The molecule has 2 N–H and O–H groups in total. The number of nitrogens with one attached hydrogen (secondary N) is 2. The summed E-state index contributed by atoms with van der Waals surface area (Å²) in [6, 6.07) is 10.4. The van der Waals surface area contributed by atoms with Crippen LogP contribution in [0.4, 0.5) is 0 Å². The van der Waals surface area contributed by atoms with E-state index in [1.807, 2.05) is 6.07 Å². The van der Waals surface area contributed by atoms with E-state index >= 15 is 0 Å². The number of halogens is 1. The fourth-order valence-electron chi connectivity index (χ4n) is 2.37. The summed E-state index contributed by atoms with van der Waals surface area (Å²) in [5.74, 6) is 1.27. The number of hydrogen-bond acceptors (Lipinski definition) is 4. The van der Waals surface area contributed by atoms with Crippen LogP contribution in [0.2, 0.25) is 0 Å². The van der Waals surface area contributed by atoms with Gasteiger partial charge in [-0.1, -0.05) is 44.2 Å². The number of ether oxygens (including phenoxy) is 1. The third kappa shape index (κ3) is 9.53. The van der Waals surface area contributed by atoms with Gasteiger partial charge in [-0.15, -0.1) is 35.3 Å². The first-order valence-electron chi connectivity index (χ1n) is 9.19. The molecule has 0 spiro atoms. The molecule has 0 bridgehead atoms. The summed E-state index contributed by atoms with van der Waals surface area (Å²) in [6.07, 6.45) is 1.91. The molecule has 0 aliphatic carbocycles. The van der Waals surface area contributed by atoms with Crippen molar-refractivity contribution in [1.82, 2.24) is 15.6 Å². The molecule has 150 valence electrons. The predicted molar refractivity (Wildman–Crippen MR) is 125 cm³/mol. The van der Waals surface area contributed by atoms with Crippen LogP contribution in [-0.2, 0) is 17.7 Å². The van der Waals surface area contributed by atoms with Crippen molar-refractivity contribution < 1.29 is 4.74 Å². The number of aromatic nitrogens is 1. The number of aliphatic imine (C=N–C) groups is 1. The minimum atomic E-state index is 0. The van der Waals surface area contributed by atoms with Crippen molar-refractivity contribution in [2.45, 2.75) is 39.2 Å². The quantitative estimate of drug-likeness (QED) is 0.221. The van der Waals surface area contributed by atoms with Crippen LogP contribution in [-0.4, -0.2) is 37.7 Å². The maximum absolute atomic E-state index is 5.70. The van der Waals surface area contributed by atoms with Crippen molar-refractivity contribution >= 4 is 41.3 Å². The van der Waals surface area contributed by atoms with E-state index in [1.165, 1.54) is 5.56 Å². The van der Waals surface area contributed by atoms with E-state index in [4.69, 9.17) is 4.74 Å². The Morgan fingerprint density at radius 2 is 1.96 bits per heavy atom. The number of benzene rings is 1. The Kier molecular flexibility index (Phi) is 12.3. The molecule has 0 fully saturated rings. The lowest BCUT2D eigenvalue weighted by atomic mass is 10.2. The summed E-state index contributed by atoms with van der Waals surface area (Å²) in [7, 11) is 1.78. The van der Waals surface area contributed by atoms with E-state index in [-0.39, 0.29) is 24.0 Å². The Balaban J connectivity index is 0.00000364. The van der Waals surface area contributed by atoms with Gasteiger partial charge in [0.1, 0.15) is 5.01 Å². The minimum Gasteiger partial charge on any atom is -0.381 e. The molecule has 0 saturated carbocycles. The molecule has 0 unspecified atom stereocenters. The van der Waals surface area contributed by atoms with Gasteiger partial charge >= 0.3 is 0 Å². The Morgan fingerprint density at radius 3 is 2.63 bits per heavy atom. The number of nitrogens with zero attached hydrogens (tertiary/aromatic N) is 2. The van der Waals surface area contributed by atoms with Crippen molar-refractivity contribution in [1.29, 1.82) is 0 Å². The van der Waals surface area contributed by atoms with E-state index in [2.05, 4.69) is 64.1 Å². The summed E-state index contributed by atoms with van der Waals surface area (Å²) in [5, 5.41) is 9.83. The van der Waals surface area contributed by atoms with Gasteiger partial charge < -0.3 is 15.4 Å². The molecule has 1 aromatic heterocycles. The lowest BCUT2D eigenvalue weighted by Gasteiger charge is -2.11. The van der Waals surface area contributed by atoms with Crippen LogP contribution in [0.25, 0.3) is 0 Å². The highest BCUT2D eigenvalue weighted by molar-refractivity contribution is 14.0. The number of thiazole rings is 1. The molecule has 2 rings (SSSR count). The topological polar surface area (TPSA) is 58.5 Å². The van der Waals surface area contributed by atoms with E-state index in [9.17, 15) is 0 Å². The monoisotopic (exact) mass is 502 g/mol. The molecule has 0 atom stereocenters. The van der Waals surface area contributed by atoms with Gasteiger partial charge in [-0.25, -0.2) is 4.98 Å². The first-order chi connectivity index (χ1) is 12.7. The molecule has 7 heteroatoms. The van der Waals surface area contributed by atoms with Gasteiger partial charge in [0, 0.05) is 25.6 Å². The maximum atomic E-state index is 5.70. The van der Waals surface area contributed by atoms with Crippen LogP contribution in [0, 0.1) is 0 Å². The second kappa shape index (κ2) is 13.9. The normalized spacial score (nSPS) is 11.3. The largest absolute Gasteiger partial charge is 0.381 e. The fourth-order valence-corrected chi connectivity index (χ4v) is 3.26. The molecule has 0 aliphatic heterocycles. The third-order valence-corrected chi connectivity index (χ3v) is 4.79. The SMILES string of the molecule is CN=C(NCCCOCCc1ccccc1)NCc1nc(C(C)C)cs1.I. The maximum Gasteiger partial charge on any atom is 0.191 e. The summed E-state index contributed by atoms with van der Waals surface area (Å²) >= 11 is 1.69. The zero-order valence-corrected chi connectivity index (χ0v) is 19.6. The molecule has 27 heavy (non-hydrogen) atoms. The Hall–Kier alpha value is -1.19. The first kappa shape index (κ1) is 23.8. The lowest BCUT2D eigenvalue weighted by molar-refractivity contribution is 0.135. The van der Waals surface area contributed by atoms with Crippen molar-refractivity contribution in [3.05, 3.63) is 52.0 Å². The second-order valence-electron chi connectivity index (χ2n) is 6.37. The highest BCUT2D eigenvalue weighted by Crippen LogP contribution is 2.17. The zero-order valence-electron chi connectivity index (χ0n) is 16.4. The molecule has 0 radical (unpaired) electrons. The lowest BCUT2D eigenvalue weighted by Crippen LogP contribution is -2.37. The summed E-state index contributed by atoms with van der Waals surface area (Å²) in [6.45, 7) is 7.37. The van der Waals surface area contributed by atoms with Crippen LogP contribution < -0.4 is 10.6 Å². The Labute approximate surface area is 184 Å². The van der Waals surface area contributed by atoms with Crippen molar-refractivity contribution in [3.8, 4) is 0 Å². The molecule has 1 heterocycles. The van der Waals surface area contributed by atoms with Gasteiger partial charge in [-0.3, -0.25) is 4.99 Å². The van der Waals surface area contributed by atoms with Gasteiger partial charge in [0.15, 0.2) is 5.96 Å². The zero-order chi connectivity index (χ0) is 18.6. The molecular weight excluding hydrogens is 471 g/mol. The van der Waals surface area contributed by atoms with E-state index in [1.54, 1.807) is 18.4 Å². The van der Waals surface area contributed by atoms with E-state index in [0.29, 0.717) is 12.5 Å². The van der Waals surface area contributed by atoms with Crippen molar-refractivity contribution in [2.75, 3.05) is 26.8 Å².